The van der Waals surface area contributed by atoms with Gasteiger partial charge in [0, 0.05) is 12.1 Å². The molecule has 1 heterocycles. The lowest BCUT2D eigenvalue weighted by Crippen LogP contribution is -2.55. The van der Waals surface area contributed by atoms with Crippen molar-refractivity contribution in [3.63, 3.8) is 0 Å². The second-order valence-electron chi connectivity index (χ2n) is 5.33. The van der Waals surface area contributed by atoms with Crippen LogP contribution in [0.3, 0.4) is 0 Å². The molecule has 2 rings (SSSR count). The molecule has 0 unspecified atom stereocenters. The highest BCUT2D eigenvalue weighted by Crippen LogP contribution is 2.27. The summed E-state index contributed by atoms with van der Waals surface area (Å²) >= 11 is 4.86. The van der Waals surface area contributed by atoms with E-state index in [0.717, 1.165) is 0 Å². The number of sulfonamides is 1. The molecule has 0 aromatic heterocycles. The molecule has 2 N–H and O–H groups in total. The molecule has 5 nitrogen and oxygen atoms in total. The Morgan fingerprint density at radius 3 is 2.45 bits per heavy atom. The molecule has 1 aliphatic rings. The molecule has 1 aliphatic heterocycles. The Bertz CT molecular complexity index is 609. The second-order valence-corrected chi connectivity index (χ2v) is 7.63. The minimum absolute atomic E-state index is 0.243. The van der Waals surface area contributed by atoms with Crippen LogP contribution in [0.25, 0.3) is 0 Å². The van der Waals surface area contributed by atoms with E-state index in [1.165, 1.54) is 16.4 Å². The molecule has 0 saturated carbocycles. The van der Waals surface area contributed by atoms with Gasteiger partial charge in [0.25, 0.3) is 0 Å². The molecule has 0 atom stereocenters. The Labute approximate surface area is 124 Å². The van der Waals surface area contributed by atoms with Gasteiger partial charge in [0.1, 0.15) is 4.99 Å². The summed E-state index contributed by atoms with van der Waals surface area (Å²) in [6, 6.07) is 6.33. The fraction of sp³-hybridized carbons (Fsp3) is 0.462. The summed E-state index contributed by atoms with van der Waals surface area (Å²) in [7, 11) is -3.54. The molecule has 0 aliphatic carbocycles. The van der Waals surface area contributed by atoms with Gasteiger partial charge in [0.15, 0.2) is 0 Å². The van der Waals surface area contributed by atoms with Gasteiger partial charge in [-0.2, -0.15) is 4.31 Å². The molecule has 0 amide bonds. The van der Waals surface area contributed by atoms with Crippen molar-refractivity contribution in [2.75, 3.05) is 19.8 Å². The number of thiocarbonyl (C=S) groups is 1. The molecule has 110 valence electrons. The number of nitrogens with two attached hydrogens (primary N) is 1. The molecule has 1 fully saturated rings. The Kier molecular flexibility index (Phi) is 4.15. The highest BCUT2D eigenvalue weighted by Gasteiger charge is 2.39. The third kappa shape index (κ3) is 2.85. The fourth-order valence-electron chi connectivity index (χ4n) is 2.21. The molecule has 0 radical (unpaired) electrons. The maximum Gasteiger partial charge on any atom is 0.243 e. The first-order valence-corrected chi connectivity index (χ1v) is 8.10. The smallest absolute Gasteiger partial charge is 0.243 e. The normalized spacial score (nSPS) is 19.7. The van der Waals surface area contributed by atoms with Crippen LogP contribution in [-0.2, 0) is 14.8 Å². The number of nitrogens with zero attached hydrogens (tertiary/aromatic N) is 1. The quantitative estimate of drug-likeness (QED) is 0.847. The van der Waals surface area contributed by atoms with Gasteiger partial charge in [-0.1, -0.05) is 24.4 Å². The summed E-state index contributed by atoms with van der Waals surface area (Å²) in [4.78, 5) is 0.494. The van der Waals surface area contributed by atoms with Crippen LogP contribution in [0.5, 0.6) is 0 Å². The van der Waals surface area contributed by atoms with Crippen LogP contribution >= 0.6 is 12.2 Å². The monoisotopic (exact) mass is 314 g/mol. The maximum atomic E-state index is 12.7. The van der Waals surface area contributed by atoms with Gasteiger partial charge in [-0.05, 0) is 26.0 Å². The average molecular weight is 314 g/mol. The number of ether oxygens (including phenoxy) is 1. The van der Waals surface area contributed by atoms with Gasteiger partial charge in [-0.25, -0.2) is 8.42 Å². The minimum Gasteiger partial charge on any atom is -0.389 e. The van der Waals surface area contributed by atoms with Crippen molar-refractivity contribution in [1.29, 1.82) is 0 Å². The predicted molar refractivity (Wildman–Crippen MR) is 81.1 cm³/mol. The first-order chi connectivity index (χ1) is 9.25. The van der Waals surface area contributed by atoms with Crippen molar-refractivity contribution >= 4 is 27.2 Å². The van der Waals surface area contributed by atoms with E-state index in [4.69, 9.17) is 22.7 Å². The fourth-order valence-corrected chi connectivity index (χ4v) is 4.10. The lowest BCUT2D eigenvalue weighted by Gasteiger charge is -2.40. The van der Waals surface area contributed by atoms with Gasteiger partial charge < -0.3 is 10.5 Å². The summed E-state index contributed by atoms with van der Waals surface area (Å²) in [5, 5.41) is 0. The third-order valence-electron chi connectivity index (χ3n) is 3.30. The van der Waals surface area contributed by atoms with Crippen LogP contribution in [0.2, 0.25) is 0 Å². The Hall–Kier alpha value is -1.02. The van der Waals surface area contributed by atoms with Gasteiger partial charge >= 0.3 is 0 Å². The standard InChI is InChI=1S/C13H18N2O3S2/c1-13(2)9-18-8-7-15(13)20(16,17)11-5-3-10(4-6-11)12(14)19/h3-6H,7-9H2,1-2H3,(H2,14,19). The molecule has 1 aromatic carbocycles. The van der Waals surface area contributed by atoms with Crippen LogP contribution in [0.15, 0.2) is 29.2 Å². The molecular weight excluding hydrogens is 296 g/mol. The summed E-state index contributed by atoms with van der Waals surface area (Å²) in [6.07, 6.45) is 0. The van der Waals surface area contributed by atoms with Crippen LogP contribution in [0.4, 0.5) is 0 Å². The zero-order chi connectivity index (χ0) is 15.0. The van der Waals surface area contributed by atoms with Crippen molar-refractivity contribution in [2.45, 2.75) is 24.3 Å². The summed E-state index contributed by atoms with van der Waals surface area (Å²) in [6.45, 7) is 4.86. The van der Waals surface area contributed by atoms with Crippen LogP contribution in [-0.4, -0.2) is 43.0 Å². The summed E-state index contributed by atoms with van der Waals surface area (Å²) in [5.41, 5.74) is 5.61. The highest BCUT2D eigenvalue weighted by molar-refractivity contribution is 7.89. The lowest BCUT2D eigenvalue weighted by molar-refractivity contribution is -0.00770. The number of hydrogen-bond acceptors (Lipinski definition) is 4. The highest BCUT2D eigenvalue weighted by atomic mass is 32.2. The van der Waals surface area contributed by atoms with Crippen LogP contribution < -0.4 is 5.73 Å². The molecule has 1 aromatic rings. The number of rotatable bonds is 3. The Morgan fingerprint density at radius 2 is 1.95 bits per heavy atom. The van der Waals surface area contributed by atoms with E-state index in [1.54, 1.807) is 12.1 Å². The molecular formula is C13H18N2O3S2. The molecule has 7 heteroatoms. The molecule has 1 saturated heterocycles. The van der Waals surface area contributed by atoms with Crippen molar-refractivity contribution < 1.29 is 13.2 Å². The zero-order valence-corrected chi connectivity index (χ0v) is 13.1. The Balaban J connectivity index is 2.36. The van der Waals surface area contributed by atoms with Gasteiger partial charge in [-0.15, -0.1) is 0 Å². The lowest BCUT2D eigenvalue weighted by atomic mass is 10.1. The first kappa shape index (κ1) is 15.4. The van der Waals surface area contributed by atoms with E-state index < -0.39 is 15.6 Å². The second kappa shape index (κ2) is 5.40. The van der Waals surface area contributed by atoms with Crippen molar-refractivity contribution in [2.24, 2.45) is 5.73 Å². The first-order valence-electron chi connectivity index (χ1n) is 6.25. The topological polar surface area (TPSA) is 72.6 Å². The zero-order valence-electron chi connectivity index (χ0n) is 11.5. The van der Waals surface area contributed by atoms with E-state index >= 15 is 0 Å². The summed E-state index contributed by atoms with van der Waals surface area (Å²) < 4.78 is 32.2. The van der Waals surface area contributed by atoms with Crippen LogP contribution in [0.1, 0.15) is 19.4 Å². The van der Waals surface area contributed by atoms with Gasteiger partial charge in [0.2, 0.25) is 10.0 Å². The maximum absolute atomic E-state index is 12.7. The van der Waals surface area contributed by atoms with Crippen molar-refractivity contribution in [3.8, 4) is 0 Å². The van der Waals surface area contributed by atoms with Gasteiger partial charge in [0.05, 0.1) is 23.6 Å². The van der Waals surface area contributed by atoms with E-state index in [2.05, 4.69) is 0 Å². The number of morpholine rings is 1. The SMILES string of the molecule is CC1(C)COCCN1S(=O)(=O)c1ccc(C(N)=S)cc1. The average Bonchev–Trinajstić information content (AvgIpc) is 2.38. The number of benzene rings is 1. The third-order valence-corrected chi connectivity index (χ3v) is 5.66. The summed E-state index contributed by atoms with van der Waals surface area (Å²) in [5.74, 6) is 0. The molecule has 20 heavy (non-hydrogen) atoms. The Morgan fingerprint density at radius 1 is 1.35 bits per heavy atom. The van der Waals surface area contributed by atoms with E-state index in [9.17, 15) is 8.42 Å². The predicted octanol–water partition coefficient (Wildman–Crippen LogP) is 1.12. The van der Waals surface area contributed by atoms with Gasteiger partial charge in [-0.3, -0.25) is 0 Å². The minimum atomic E-state index is -3.54. The van der Waals surface area contributed by atoms with E-state index in [1.807, 2.05) is 13.8 Å². The van der Waals surface area contributed by atoms with Crippen LogP contribution in [0, 0.1) is 0 Å². The largest absolute Gasteiger partial charge is 0.389 e. The number of hydrogen-bond donors (Lipinski definition) is 1. The van der Waals surface area contributed by atoms with Crippen molar-refractivity contribution in [1.82, 2.24) is 4.31 Å². The van der Waals surface area contributed by atoms with E-state index in [-0.39, 0.29) is 9.88 Å². The van der Waals surface area contributed by atoms with Crippen molar-refractivity contribution in [3.05, 3.63) is 29.8 Å². The van der Waals surface area contributed by atoms with E-state index in [0.29, 0.717) is 25.3 Å². The molecule has 0 bridgehead atoms. The molecule has 0 spiro atoms.